The minimum atomic E-state index is 0.466. The van der Waals surface area contributed by atoms with Crippen LogP contribution in [0.5, 0.6) is 0 Å². The molecule has 1 heterocycles. The topological polar surface area (TPSA) is 38.9 Å². The summed E-state index contributed by atoms with van der Waals surface area (Å²) in [5.41, 5.74) is 9.12. The van der Waals surface area contributed by atoms with E-state index >= 15 is 0 Å². The molecule has 94 valence electrons. The smallest absolute Gasteiger partial charge is 0.124 e. The molecular formula is C16H14N2S. The van der Waals surface area contributed by atoms with Crippen LogP contribution >= 0.6 is 11.3 Å². The second-order valence-electron chi connectivity index (χ2n) is 4.23. The van der Waals surface area contributed by atoms with Gasteiger partial charge < -0.3 is 5.73 Å². The Bertz CT molecular complexity index is 660. The van der Waals surface area contributed by atoms with Gasteiger partial charge in [0.05, 0.1) is 10.6 Å². The maximum atomic E-state index is 5.82. The summed E-state index contributed by atoms with van der Waals surface area (Å²) in [6, 6.07) is 20.5. The van der Waals surface area contributed by atoms with E-state index in [4.69, 9.17) is 5.73 Å². The molecule has 2 N–H and O–H groups in total. The molecule has 0 amide bonds. The lowest BCUT2D eigenvalue weighted by Crippen LogP contribution is -1.98. The Labute approximate surface area is 116 Å². The Hall–Kier alpha value is -1.97. The summed E-state index contributed by atoms with van der Waals surface area (Å²) in [7, 11) is 0. The molecule has 3 heteroatoms. The van der Waals surface area contributed by atoms with Gasteiger partial charge in [0, 0.05) is 12.1 Å². The number of hydrogen-bond acceptors (Lipinski definition) is 3. The molecule has 1 aromatic heterocycles. The summed E-state index contributed by atoms with van der Waals surface area (Å²) in [5.74, 6) is 0. The van der Waals surface area contributed by atoms with Crippen LogP contribution < -0.4 is 5.73 Å². The molecule has 0 saturated carbocycles. The third-order valence-electron chi connectivity index (χ3n) is 2.95. The minimum Gasteiger partial charge on any atom is -0.325 e. The second kappa shape index (κ2) is 5.34. The third-order valence-corrected chi connectivity index (χ3v) is 4.14. The van der Waals surface area contributed by atoms with Gasteiger partial charge in [0.2, 0.25) is 0 Å². The van der Waals surface area contributed by atoms with E-state index in [2.05, 4.69) is 29.2 Å². The summed E-state index contributed by atoms with van der Waals surface area (Å²) in [5, 5.41) is 1.03. The molecule has 0 aliphatic rings. The summed E-state index contributed by atoms with van der Waals surface area (Å²) in [6.07, 6.45) is 0. The van der Waals surface area contributed by atoms with E-state index in [1.807, 2.05) is 36.4 Å². The van der Waals surface area contributed by atoms with Crippen molar-refractivity contribution in [2.75, 3.05) is 0 Å². The van der Waals surface area contributed by atoms with Crippen LogP contribution in [-0.4, -0.2) is 4.98 Å². The number of rotatable bonds is 3. The van der Waals surface area contributed by atoms with Crippen molar-refractivity contribution in [2.24, 2.45) is 5.73 Å². The van der Waals surface area contributed by atoms with Crippen LogP contribution in [0.2, 0.25) is 0 Å². The van der Waals surface area contributed by atoms with Gasteiger partial charge in [-0.2, -0.15) is 0 Å². The molecule has 19 heavy (non-hydrogen) atoms. The fraction of sp³-hybridized carbons (Fsp3) is 0.0625. The molecule has 0 unspecified atom stereocenters. The summed E-state index contributed by atoms with van der Waals surface area (Å²) in [6.45, 7) is 0.466. The first-order chi connectivity index (χ1) is 9.38. The molecule has 0 saturated heterocycles. The van der Waals surface area contributed by atoms with Crippen molar-refractivity contribution < 1.29 is 0 Å². The van der Waals surface area contributed by atoms with Crippen LogP contribution in [0.15, 0.2) is 60.7 Å². The highest BCUT2D eigenvalue weighted by molar-refractivity contribution is 7.18. The van der Waals surface area contributed by atoms with Crippen molar-refractivity contribution in [3.8, 4) is 21.0 Å². The lowest BCUT2D eigenvalue weighted by Gasteiger charge is -1.98. The zero-order valence-electron chi connectivity index (χ0n) is 10.4. The van der Waals surface area contributed by atoms with Gasteiger partial charge >= 0.3 is 0 Å². The van der Waals surface area contributed by atoms with Gasteiger partial charge in [-0.1, -0.05) is 60.7 Å². The number of thiazole rings is 1. The van der Waals surface area contributed by atoms with Crippen LogP contribution in [0, 0.1) is 0 Å². The number of hydrogen-bond donors (Lipinski definition) is 1. The normalized spacial score (nSPS) is 10.6. The molecule has 0 fully saturated rings. The number of aromatic nitrogens is 1. The highest BCUT2D eigenvalue weighted by atomic mass is 32.1. The number of nitrogens with zero attached hydrogens (tertiary/aromatic N) is 1. The molecule has 0 atom stereocenters. The van der Waals surface area contributed by atoms with E-state index in [1.165, 1.54) is 10.4 Å². The monoisotopic (exact) mass is 266 g/mol. The lowest BCUT2D eigenvalue weighted by molar-refractivity contribution is 1.02. The Morgan fingerprint density at radius 1 is 0.842 bits per heavy atom. The third kappa shape index (κ3) is 2.43. The van der Waals surface area contributed by atoms with Crippen molar-refractivity contribution in [3.63, 3.8) is 0 Å². The highest BCUT2D eigenvalue weighted by Crippen LogP contribution is 2.35. The van der Waals surface area contributed by atoms with Crippen molar-refractivity contribution in [1.82, 2.24) is 4.98 Å². The van der Waals surface area contributed by atoms with Crippen LogP contribution in [0.3, 0.4) is 0 Å². The number of benzene rings is 2. The predicted molar refractivity (Wildman–Crippen MR) is 80.9 cm³/mol. The zero-order chi connectivity index (χ0) is 13.1. The van der Waals surface area contributed by atoms with E-state index < -0.39 is 0 Å². The van der Waals surface area contributed by atoms with Gasteiger partial charge in [0.25, 0.3) is 0 Å². The molecule has 0 aliphatic heterocycles. The summed E-state index contributed by atoms with van der Waals surface area (Å²) < 4.78 is 0. The SMILES string of the molecule is NCc1nc(-c2ccccc2)sc1-c1ccccc1. The average Bonchev–Trinajstić information content (AvgIpc) is 2.93. The molecule has 0 bridgehead atoms. The first-order valence-corrected chi connectivity index (χ1v) is 7.01. The van der Waals surface area contributed by atoms with E-state index in [-0.39, 0.29) is 0 Å². The van der Waals surface area contributed by atoms with Crippen molar-refractivity contribution in [3.05, 3.63) is 66.4 Å². The summed E-state index contributed by atoms with van der Waals surface area (Å²) in [4.78, 5) is 5.84. The second-order valence-corrected chi connectivity index (χ2v) is 5.23. The Morgan fingerprint density at radius 3 is 2.00 bits per heavy atom. The van der Waals surface area contributed by atoms with Gasteiger partial charge in [0.15, 0.2) is 0 Å². The van der Waals surface area contributed by atoms with Gasteiger partial charge in [-0.25, -0.2) is 4.98 Å². The van der Waals surface area contributed by atoms with Crippen LogP contribution in [-0.2, 0) is 6.54 Å². The first-order valence-electron chi connectivity index (χ1n) is 6.19. The standard InChI is InChI=1S/C16H14N2S/c17-11-14-15(12-7-3-1-4-8-12)19-16(18-14)13-9-5-2-6-10-13/h1-10H,11,17H2. The van der Waals surface area contributed by atoms with Gasteiger partial charge in [-0.05, 0) is 5.56 Å². The minimum absolute atomic E-state index is 0.466. The van der Waals surface area contributed by atoms with Gasteiger partial charge in [-0.15, -0.1) is 11.3 Å². The Balaban J connectivity index is 2.09. The van der Waals surface area contributed by atoms with Crippen LogP contribution in [0.4, 0.5) is 0 Å². The Morgan fingerprint density at radius 2 is 1.42 bits per heavy atom. The molecule has 0 aliphatic carbocycles. The molecule has 3 rings (SSSR count). The van der Waals surface area contributed by atoms with Crippen LogP contribution in [0.1, 0.15) is 5.69 Å². The molecule has 0 radical (unpaired) electrons. The van der Waals surface area contributed by atoms with E-state index in [1.54, 1.807) is 11.3 Å². The van der Waals surface area contributed by atoms with Gasteiger partial charge in [-0.3, -0.25) is 0 Å². The van der Waals surface area contributed by atoms with Gasteiger partial charge in [0.1, 0.15) is 5.01 Å². The predicted octanol–water partition coefficient (Wildman–Crippen LogP) is 3.94. The molecule has 2 nitrogen and oxygen atoms in total. The highest BCUT2D eigenvalue weighted by Gasteiger charge is 2.12. The Kier molecular flexibility index (Phi) is 3.40. The van der Waals surface area contributed by atoms with E-state index in [9.17, 15) is 0 Å². The van der Waals surface area contributed by atoms with Crippen molar-refractivity contribution in [2.45, 2.75) is 6.54 Å². The van der Waals surface area contributed by atoms with E-state index in [0.29, 0.717) is 6.54 Å². The molecule has 2 aromatic carbocycles. The van der Waals surface area contributed by atoms with E-state index in [0.717, 1.165) is 16.3 Å². The molecule has 3 aromatic rings. The fourth-order valence-electron chi connectivity index (χ4n) is 2.01. The molecule has 0 spiro atoms. The number of nitrogens with two attached hydrogens (primary N) is 1. The van der Waals surface area contributed by atoms with Crippen molar-refractivity contribution >= 4 is 11.3 Å². The largest absolute Gasteiger partial charge is 0.325 e. The fourth-order valence-corrected chi connectivity index (χ4v) is 3.11. The average molecular weight is 266 g/mol. The maximum absolute atomic E-state index is 5.82. The first kappa shape index (κ1) is 12.1. The van der Waals surface area contributed by atoms with Crippen molar-refractivity contribution in [1.29, 1.82) is 0 Å². The molecular weight excluding hydrogens is 252 g/mol. The lowest BCUT2D eigenvalue weighted by atomic mass is 10.1. The maximum Gasteiger partial charge on any atom is 0.124 e. The summed E-state index contributed by atoms with van der Waals surface area (Å²) >= 11 is 1.70. The zero-order valence-corrected chi connectivity index (χ0v) is 11.2. The quantitative estimate of drug-likeness (QED) is 0.780. The van der Waals surface area contributed by atoms with Crippen LogP contribution in [0.25, 0.3) is 21.0 Å².